The molecule has 0 aromatic heterocycles. The minimum absolute atomic E-state index is 0.0498. The van der Waals surface area contributed by atoms with Crippen molar-refractivity contribution >= 4 is 9.84 Å². The van der Waals surface area contributed by atoms with Crippen LogP contribution in [0.15, 0.2) is 52.3 Å². The first-order valence-corrected chi connectivity index (χ1v) is 7.06. The molecule has 0 aliphatic rings. The van der Waals surface area contributed by atoms with Gasteiger partial charge in [-0.3, -0.25) is 0 Å². The number of nitrogens with zero attached hydrogens (tertiary/aromatic N) is 1. The zero-order valence-electron chi connectivity index (χ0n) is 10.5. The van der Waals surface area contributed by atoms with E-state index in [4.69, 9.17) is 10.00 Å². The molecule has 0 aliphatic carbocycles. The molecule has 2 aromatic carbocycles. The van der Waals surface area contributed by atoms with Gasteiger partial charge >= 0.3 is 0 Å². The largest absolute Gasteiger partial charge is 0.497 e. The predicted octanol–water partition coefficient (Wildman–Crippen LogP) is 2.54. The van der Waals surface area contributed by atoms with Crippen molar-refractivity contribution < 1.29 is 17.5 Å². The molecule has 4 nitrogen and oxygen atoms in total. The topological polar surface area (TPSA) is 67.2 Å². The molecule has 0 atom stereocenters. The molecule has 102 valence electrons. The van der Waals surface area contributed by atoms with Crippen LogP contribution in [0.3, 0.4) is 0 Å². The number of methoxy groups -OCH3 is 1. The number of nitriles is 1. The lowest BCUT2D eigenvalue weighted by Crippen LogP contribution is -2.03. The maximum atomic E-state index is 13.2. The Balaban J connectivity index is 2.52. The van der Waals surface area contributed by atoms with Gasteiger partial charge < -0.3 is 4.74 Å². The summed E-state index contributed by atoms with van der Waals surface area (Å²) >= 11 is 0. The fourth-order valence-electron chi connectivity index (χ4n) is 1.65. The van der Waals surface area contributed by atoms with E-state index in [1.165, 1.54) is 31.4 Å². The summed E-state index contributed by atoms with van der Waals surface area (Å²) in [6, 6.07) is 10.6. The van der Waals surface area contributed by atoms with Crippen LogP contribution in [0.4, 0.5) is 4.39 Å². The molecule has 6 heteroatoms. The number of hydrogen-bond acceptors (Lipinski definition) is 4. The van der Waals surface area contributed by atoms with E-state index >= 15 is 0 Å². The minimum atomic E-state index is -3.79. The third-order valence-corrected chi connectivity index (χ3v) is 4.51. The molecule has 20 heavy (non-hydrogen) atoms. The van der Waals surface area contributed by atoms with Crippen molar-refractivity contribution in [2.75, 3.05) is 7.11 Å². The van der Waals surface area contributed by atoms with Gasteiger partial charge in [0.1, 0.15) is 17.6 Å². The smallest absolute Gasteiger partial charge is 0.206 e. The number of halogens is 1. The molecule has 0 unspecified atom stereocenters. The lowest BCUT2D eigenvalue weighted by atomic mass is 10.2. The van der Waals surface area contributed by atoms with Crippen molar-refractivity contribution in [2.45, 2.75) is 9.79 Å². The summed E-state index contributed by atoms with van der Waals surface area (Å²) in [6.07, 6.45) is 0. The normalized spacial score (nSPS) is 10.8. The highest BCUT2D eigenvalue weighted by molar-refractivity contribution is 7.91. The highest BCUT2D eigenvalue weighted by Gasteiger charge is 2.19. The monoisotopic (exact) mass is 291 g/mol. The van der Waals surface area contributed by atoms with E-state index in [1.807, 2.05) is 0 Å². The van der Waals surface area contributed by atoms with E-state index in [0.717, 1.165) is 18.2 Å². The van der Waals surface area contributed by atoms with Crippen LogP contribution in [-0.2, 0) is 9.84 Å². The van der Waals surface area contributed by atoms with Gasteiger partial charge in [0.25, 0.3) is 0 Å². The predicted molar refractivity (Wildman–Crippen MR) is 69.6 cm³/mol. The Kier molecular flexibility index (Phi) is 3.72. The number of ether oxygens (including phenoxy) is 1. The first-order chi connectivity index (χ1) is 9.48. The number of hydrogen-bond donors (Lipinski definition) is 0. The first kappa shape index (κ1) is 14.0. The SMILES string of the molecule is COc1ccc(S(=O)(=O)c2ccc(F)c(C#N)c2)cc1. The zero-order chi connectivity index (χ0) is 14.8. The fourth-order valence-corrected chi connectivity index (χ4v) is 2.93. The van der Waals surface area contributed by atoms with Crippen molar-refractivity contribution in [2.24, 2.45) is 0 Å². The molecule has 2 aromatic rings. The van der Waals surface area contributed by atoms with Gasteiger partial charge in [-0.2, -0.15) is 5.26 Å². The Morgan fingerprint density at radius 2 is 1.70 bits per heavy atom. The second kappa shape index (κ2) is 5.31. The molecule has 0 bridgehead atoms. The van der Waals surface area contributed by atoms with E-state index < -0.39 is 15.7 Å². The third kappa shape index (κ3) is 2.49. The van der Waals surface area contributed by atoms with Crippen LogP contribution < -0.4 is 4.74 Å². The van der Waals surface area contributed by atoms with Crippen LogP contribution in [0.25, 0.3) is 0 Å². The van der Waals surface area contributed by atoms with E-state index in [2.05, 4.69) is 0 Å². The summed E-state index contributed by atoms with van der Waals surface area (Å²) in [5, 5.41) is 8.75. The van der Waals surface area contributed by atoms with Crippen LogP contribution in [0.2, 0.25) is 0 Å². The Hall–Kier alpha value is -2.39. The van der Waals surface area contributed by atoms with Gasteiger partial charge in [0.2, 0.25) is 9.84 Å². The van der Waals surface area contributed by atoms with Crippen LogP contribution in [-0.4, -0.2) is 15.5 Å². The van der Waals surface area contributed by atoms with Crippen molar-refractivity contribution in [3.63, 3.8) is 0 Å². The van der Waals surface area contributed by atoms with Gasteiger partial charge in [0, 0.05) is 0 Å². The molecule has 2 rings (SSSR count). The number of benzene rings is 2. The van der Waals surface area contributed by atoms with Crippen LogP contribution >= 0.6 is 0 Å². The molecule has 0 spiro atoms. The summed E-state index contributed by atoms with van der Waals surface area (Å²) in [4.78, 5) is -0.0746. The standard InChI is InChI=1S/C14H10FNO3S/c1-19-11-2-4-12(5-3-11)20(17,18)13-6-7-14(15)10(8-13)9-16/h2-8H,1H3. The van der Waals surface area contributed by atoms with E-state index in [9.17, 15) is 12.8 Å². The Morgan fingerprint density at radius 1 is 1.10 bits per heavy atom. The highest BCUT2D eigenvalue weighted by atomic mass is 32.2. The molecule has 0 aliphatic heterocycles. The number of rotatable bonds is 3. The summed E-state index contributed by atoms with van der Waals surface area (Å²) < 4.78 is 42.9. The maximum Gasteiger partial charge on any atom is 0.206 e. The molecular weight excluding hydrogens is 281 g/mol. The van der Waals surface area contributed by atoms with Gasteiger partial charge in [-0.25, -0.2) is 12.8 Å². The molecule has 0 radical (unpaired) electrons. The Morgan fingerprint density at radius 3 is 2.25 bits per heavy atom. The van der Waals surface area contributed by atoms with Crippen molar-refractivity contribution in [1.82, 2.24) is 0 Å². The zero-order valence-corrected chi connectivity index (χ0v) is 11.3. The Labute approximate surface area is 116 Å². The average molecular weight is 291 g/mol. The van der Waals surface area contributed by atoms with Crippen molar-refractivity contribution in [3.05, 3.63) is 53.8 Å². The second-order valence-corrected chi connectivity index (χ2v) is 5.88. The van der Waals surface area contributed by atoms with Gasteiger partial charge in [-0.1, -0.05) is 0 Å². The lowest BCUT2D eigenvalue weighted by molar-refractivity contribution is 0.414. The quantitative estimate of drug-likeness (QED) is 0.815. The average Bonchev–Trinajstić information content (AvgIpc) is 2.47. The first-order valence-electron chi connectivity index (χ1n) is 5.58. The highest BCUT2D eigenvalue weighted by Crippen LogP contribution is 2.24. The number of sulfone groups is 1. The van der Waals surface area contributed by atoms with Gasteiger partial charge in [0.05, 0.1) is 22.5 Å². The Bertz CT molecular complexity index is 777. The van der Waals surface area contributed by atoms with Gasteiger partial charge in [-0.05, 0) is 42.5 Å². The summed E-state index contributed by atoms with van der Waals surface area (Å²) in [5.41, 5.74) is -0.306. The summed E-state index contributed by atoms with van der Waals surface area (Å²) in [5.74, 6) is -0.220. The maximum absolute atomic E-state index is 13.2. The fraction of sp³-hybridized carbons (Fsp3) is 0.0714. The summed E-state index contributed by atoms with van der Waals surface area (Å²) in [6.45, 7) is 0. The summed E-state index contributed by atoms with van der Waals surface area (Å²) in [7, 11) is -2.31. The lowest BCUT2D eigenvalue weighted by Gasteiger charge is -2.06. The van der Waals surface area contributed by atoms with Crippen molar-refractivity contribution in [1.29, 1.82) is 5.26 Å². The van der Waals surface area contributed by atoms with Gasteiger partial charge in [-0.15, -0.1) is 0 Å². The molecule has 0 saturated carbocycles. The molecule has 0 N–H and O–H groups in total. The molecule has 0 fully saturated rings. The third-order valence-electron chi connectivity index (χ3n) is 2.74. The van der Waals surface area contributed by atoms with E-state index in [0.29, 0.717) is 5.75 Å². The molecular formula is C14H10FNO3S. The minimum Gasteiger partial charge on any atom is -0.497 e. The van der Waals surface area contributed by atoms with Gasteiger partial charge in [0.15, 0.2) is 0 Å². The second-order valence-electron chi connectivity index (χ2n) is 3.93. The van der Waals surface area contributed by atoms with Crippen molar-refractivity contribution in [3.8, 4) is 11.8 Å². The van der Waals surface area contributed by atoms with E-state index in [-0.39, 0.29) is 15.4 Å². The molecule has 0 heterocycles. The molecule has 0 amide bonds. The van der Waals surface area contributed by atoms with E-state index in [1.54, 1.807) is 6.07 Å². The molecule has 0 saturated heterocycles. The van der Waals surface area contributed by atoms with Crippen LogP contribution in [0, 0.1) is 17.1 Å². The van der Waals surface area contributed by atoms with Crippen LogP contribution in [0.1, 0.15) is 5.56 Å². The van der Waals surface area contributed by atoms with Crippen LogP contribution in [0.5, 0.6) is 5.75 Å².